The largest absolute Gasteiger partial charge is 0.481 e. The van der Waals surface area contributed by atoms with Gasteiger partial charge in [0.25, 0.3) is 0 Å². The van der Waals surface area contributed by atoms with Crippen LogP contribution in [0.4, 0.5) is 4.39 Å². The SMILES string of the molecule is CC(C)(NCc1ccc(Cl)cc1F)C(C)(C)C(=O)O. The maximum Gasteiger partial charge on any atom is 0.310 e. The van der Waals surface area contributed by atoms with Crippen LogP contribution in [-0.2, 0) is 11.3 Å². The third-order valence-electron chi connectivity index (χ3n) is 3.83. The van der Waals surface area contributed by atoms with Crippen LogP contribution in [0.2, 0.25) is 5.02 Å². The molecule has 0 amide bonds. The highest BCUT2D eigenvalue weighted by atomic mass is 35.5. The Bertz CT molecular complexity index is 486. The summed E-state index contributed by atoms with van der Waals surface area (Å²) in [4.78, 5) is 11.3. The van der Waals surface area contributed by atoms with E-state index in [0.29, 0.717) is 10.6 Å². The van der Waals surface area contributed by atoms with Crippen LogP contribution in [0.1, 0.15) is 33.3 Å². The van der Waals surface area contributed by atoms with Gasteiger partial charge in [-0.2, -0.15) is 0 Å². The van der Waals surface area contributed by atoms with Crippen LogP contribution >= 0.6 is 11.6 Å². The first kappa shape index (κ1) is 15.9. The smallest absolute Gasteiger partial charge is 0.310 e. The Morgan fingerprint density at radius 1 is 1.37 bits per heavy atom. The highest BCUT2D eigenvalue weighted by Crippen LogP contribution is 2.31. The van der Waals surface area contributed by atoms with Crippen molar-refractivity contribution in [3.63, 3.8) is 0 Å². The van der Waals surface area contributed by atoms with Crippen molar-refractivity contribution in [1.29, 1.82) is 0 Å². The van der Waals surface area contributed by atoms with Gasteiger partial charge in [-0.05, 0) is 39.8 Å². The third kappa shape index (κ3) is 3.45. The fourth-order valence-electron chi connectivity index (χ4n) is 1.47. The van der Waals surface area contributed by atoms with E-state index in [1.807, 2.05) is 0 Å². The Morgan fingerprint density at radius 3 is 2.42 bits per heavy atom. The lowest BCUT2D eigenvalue weighted by atomic mass is 9.74. The van der Waals surface area contributed by atoms with E-state index in [9.17, 15) is 14.3 Å². The van der Waals surface area contributed by atoms with Crippen molar-refractivity contribution in [2.75, 3.05) is 0 Å². The van der Waals surface area contributed by atoms with E-state index in [1.54, 1.807) is 39.8 Å². The van der Waals surface area contributed by atoms with Crippen molar-refractivity contribution in [3.05, 3.63) is 34.6 Å². The van der Waals surface area contributed by atoms with Crippen molar-refractivity contribution in [2.45, 2.75) is 39.8 Å². The van der Waals surface area contributed by atoms with Crippen LogP contribution in [0.3, 0.4) is 0 Å². The van der Waals surface area contributed by atoms with Gasteiger partial charge in [-0.15, -0.1) is 0 Å². The van der Waals surface area contributed by atoms with Crippen LogP contribution < -0.4 is 5.32 Å². The molecule has 106 valence electrons. The number of carboxylic acids is 1. The molecule has 19 heavy (non-hydrogen) atoms. The third-order valence-corrected chi connectivity index (χ3v) is 4.07. The standard InChI is InChI=1S/C14H19ClFNO2/c1-13(2,12(18)19)14(3,4)17-8-9-5-6-10(15)7-11(9)16/h5-7,17H,8H2,1-4H3,(H,18,19). The molecule has 0 aliphatic carbocycles. The van der Waals surface area contributed by atoms with Gasteiger partial charge in [-0.25, -0.2) is 4.39 Å². The van der Waals surface area contributed by atoms with Gasteiger partial charge >= 0.3 is 5.97 Å². The summed E-state index contributed by atoms with van der Waals surface area (Å²) in [5.41, 5.74) is -1.21. The highest BCUT2D eigenvalue weighted by molar-refractivity contribution is 6.30. The van der Waals surface area contributed by atoms with Crippen LogP contribution in [0.5, 0.6) is 0 Å². The summed E-state index contributed by atoms with van der Waals surface area (Å²) in [6.07, 6.45) is 0. The molecule has 0 atom stereocenters. The summed E-state index contributed by atoms with van der Waals surface area (Å²) in [6, 6.07) is 4.44. The number of hydrogen-bond donors (Lipinski definition) is 2. The topological polar surface area (TPSA) is 49.3 Å². The fourth-order valence-corrected chi connectivity index (χ4v) is 1.63. The molecule has 0 saturated heterocycles. The van der Waals surface area contributed by atoms with Gasteiger partial charge < -0.3 is 10.4 Å². The molecular formula is C14H19ClFNO2. The van der Waals surface area contributed by atoms with Gasteiger partial charge in [0.15, 0.2) is 0 Å². The number of carboxylic acid groups (broad SMARTS) is 1. The molecule has 0 aliphatic rings. The molecule has 0 aromatic heterocycles. The molecule has 0 fully saturated rings. The maximum absolute atomic E-state index is 13.6. The summed E-state index contributed by atoms with van der Waals surface area (Å²) < 4.78 is 13.6. The van der Waals surface area contributed by atoms with Crippen LogP contribution in [-0.4, -0.2) is 16.6 Å². The van der Waals surface area contributed by atoms with Gasteiger partial charge in [0.05, 0.1) is 5.41 Å². The van der Waals surface area contributed by atoms with E-state index in [0.717, 1.165) is 0 Å². The minimum absolute atomic E-state index is 0.243. The van der Waals surface area contributed by atoms with Crippen LogP contribution in [0, 0.1) is 11.2 Å². The molecule has 1 rings (SSSR count). The number of rotatable bonds is 5. The lowest BCUT2D eigenvalue weighted by Gasteiger charge is -2.39. The first-order valence-corrected chi connectivity index (χ1v) is 6.38. The van der Waals surface area contributed by atoms with E-state index >= 15 is 0 Å². The zero-order valence-electron chi connectivity index (χ0n) is 11.6. The van der Waals surface area contributed by atoms with Crippen molar-refractivity contribution in [3.8, 4) is 0 Å². The number of nitrogens with one attached hydrogen (secondary N) is 1. The monoisotopic (exact) mass is 287 g/mol. The Kier molecular flexibility index (Phi) is 4.59. The summed E-state index contributed by atoms with van der Waals surface area (Å²) in [5.74, 6) is -1.30. The number of benzene rings is 1. The molecule has 0 radical (unpaired) electrons. The Hall–Kier alpha value is -1.13. The quantitative estimate of drug-likeness (QED) is 0.872. The van der Waals surface area contributed by atoms with Crippen molar-refractivity contribution in [2.24, 2.45) is 5.41 Å². The predicted octanol–water partition coefficient (Wildman–Crippen LogP) is 3.46. The fraction of sp³-hybridized carbons (Fsp3) is 0.500. The van der Waals surface area contributed by atoms with Crippen LogP contribution in [0.15, 0.2) is 18.2 Å². The number of halogens is 2. The van der Waals surface area contributed by atoms with Gasteiger partial charge in [0, 0.05) is 22.7 Å². The number of hydrogen-bond acceptors (Lipinski definition) is 2. The Morgan fingerprint density at radius 2 is 1.95 bits per heavy atom. The Labute approximate surface area is 117 Å². The molecule has 0 heterocycles. The molecule has 0 saturated carbocycles. The van der Waals surface area contributed by atoms with E-state index in [1.165, 1.54) is 6.07 Å². The molecule has 5 heteroatoms. The zero-order chi connectivity index (χ0) is 14.8. The van der Waals surface area contributed by atoms with Gasteiger partial charge in [-0.3, -0.25) is 4.79 Å². The highest BCUT2D eigenvalue weighted by Gasteiger charge is 2.43. The zero-order valence-corrected chi connectivity index (χ0v) is 12.3. The predicted molar refractivity (Wildman–Crippen MR) is 73.7 cm³/mol. The van der Waals surface area contributed by atoms with Gasteiger partial charge in [-0.1, -0.05) is 17.7 Å². The molecule has 0 spiro atoms. The van der Waals surface area contributed by atoms with Gasteiger partial charge in [0.1, 0.15) is 5.82 Å². The normalized spacial score (nSPS) is 12.5. The van der Waals surface area contributed by atoms with Gasteiger partial charge in [0.2, 0.25) is 0 Å². The van der Waals surface area contributed by atoms with E-state index in [4.69, 9.17) is 11.6 Å². The molecular weight excluding hydrogens is 269 g/mol. The maximum atomic E-state index is 13.6. The van der Waals surface area contributed by atoms with E-state index in [-0.39, 0.29) is 6.54 Å². The van der Waals surface area contributed by atoms with Crippen LogP contribution in [0.25, 0.3) is 0 Å². The Balaban J connectivity index is 2.83. The molecule has 0 bridgehead atoms. The summed E-state index contributed by atoms with van der Waals surface area (Å²) in [5, 5.41) is 12.7. The van der Waals surface area contributed by atoms with E-state index < -0.39 is 22.7 Å². The molecule has 3 nitrogen and oxygen atoms in total. The average molecular weight is 288 g/mol. The second-order valence-corrected chi connectivity index (χ2v) is 6.08. The molecule has 0 aliphatic heterocycles. The van der Waals surface area contributed by atoms with E-state index in [2.05, 4.69) is 5.32 Å². The van der Waals surface area contributed by atoms with Crippen molar-refractivity contribution in [1.82, 2.24) is 5.32 Å². The second kappa shape index (κ2) is 5.47. The lowest BCUT2D eigenvalue weighted by molar-refractivity contribution is -0.151. The average Bonchev–Trinajstić information content (AvgIpc) is 2.27. The molecule has 1 aromatic rings. The molecule has 2 N–H and O–H groups in total. The molecule has 0 unspecified atom stereocenters. The number of carbonyl (C=O) groups is 1. The van der Waals surface area contributed by atoms with Crippen molar-refractivity contribution < 1.29 is 14.3 Å². The summed E-state index contributed by atoms with van der Waals surface area (Å²) >= 11 is 5.68. The summed E-state index contributed by atoms with van der Waals surface area (Å²) in [7, 11) is 0. The first-order chi connectivity index (χ1) is 8.58. The summed E-state index contributed by atoms with van der Waals surface area (Å²) in [6.45, 7) is 7.09. The second-order valence-electron chi connectivity index (χ2n) is 5.64. The lowest BCUT2D eigenvalue weighted by Crippen LogP contribution is -2.54. The number of aliphatic carboxylic acids is 1. The minimum atomic E-state index is -0.976. The van der Waals surface area contributed by atoms with Crippen molar-refractivity contribution >= 4 is 17.6 Å². The molecule has 1 aromatic carbocycles. The first-order valence-electron chi connectivity index (χ1n) is 6.00. The minimum Gasteiger partial charge on any atom is -0.481 e.